The van der Waals surface area contributed by atoms with Gasteiger partial charge in [-0.25, -0.2) is 8.42 Å². The molecular weight excluding hydrogens is 336 g/mol. The number of hydrogen-bond donors (Lipinski definition) is 0. The SMILES string of the molecule is O=C(c1ccccc1Cl)N1CCN(S(=O)(=O)C2CCCC2)CC1. The molecule has 1 saturated carbocycles. The maximum absolute atomic E-state index is 12.6. The zero-order valence-electron chi connectivity index (χ0n) is 12.9. The zero-order valence-corrected chi connectivity index (χ0v) is 14.5. The number of carbonyl (C=O) groups excluding carboxylic acids is 1. The molecule has 7 heteroatoms. The molecule has 0 bridgehead atoms. The van der Waals surface area contributed by atoms with E-state index in [1.807, 2.05) is 0 Å². The van der Waals surface area contributed by atoms with Crippen LogP contribution in [0.2, 0.25) is 5.02 Å². The summed E-state index contributed by atoms with van der Waals surface area (Å²) in [6.45, 7) is 1.57. The zero-order chi connectivity index (χ0) is 16.4. The molecule has 2 fully saturated rings. The van der Waals surface area contributed by atoms with Gasteiger partial charge in [0.25, 0.3) is 5.91 Å². The van der Waals surface area contributed by atoms with Crippen LogP contribution in [0.25, 0.3) is 0 Å². The van der Waals surface area contributed by atoms with Crippen LogP contribution in [0.3, 0.4) is 0 Å². The number of amides is 1. The molecule has 0 radical (unpaired) electrons. The van der Waals surface area contributed by atoms with Crippen molar-refractivity contribution in [2.45, 2.75) is 30.9 Å². The second-order valence-electron chi connectivity index (χ2n) is 6.12. The molecule has 0 spiro atoms. The van der Waals surface area contributed by atoms with Crippen LogP contribution in [-0.2, 0) is 10.0 Å². The van der Waals surface area contributed by atoms with E-state index in [0.29, 0.717) is 36.8 Å². The molecule has 1 aliphatic heterocycles. The second kappa shape index (κ2) is 6.79. The standard InChI is InChI=1S/C16H21ClN2O3S/c17-15-8-4-3-7-14(15)16(20)18-9-11-19(12-10-18)23(21,22)13-5-1-2-6-13/h3-4,7-8,13H,1-2,5-6,9-12H2. The van der Waals surface area contributed by atoms with Crippen molar-refractivity contribution in [3.05, 3.63) is 34.9 Å². The van der Waals surface area contributed by atoms with Crippen LogP contribution in [0.15, 0.2) is 24.3 Å². The molecule has 23 heavy (non-hydrogen) atoms. The average Bonchev–Trinajstić information content (AvgIpc) is 3.10. The van der Waals surface area contributed by atoms with Gasteiger partial charge in [-0.05, 0) is 25.0 Å². The normalized spacial score (nSPS) is 20.8. The van der Waals surface area contributed by atoms with Crippen LogP contribution in [0.1, 0.15) is 36.0 Å². The number of piperazine rings is 1. The lowest BCUT2D eigenvalue weighted by Gasteiger charge is -2.35. The highest BCUT2D eigenvalue weighted by molar-refractivity contribution is 7.89. The number of halogens is 1. The van der Waals surface area contributed by atoms with Crippen LogP contribution in [0, 0.1) is 0 Å². The summed E-state index contributed by atoms with van der Waals surface area (Å²) in [7, 11) is -3.21. The topological polar surface area (TPSA) is 57.7 Å². The molecular formula is C16H21ClN2O3S. The van der Waals surface area contributed by atoms with E-state index in [1.165, 1.54) is 0 Å². The fraction of sp³-hybridized carbons (Fsp3) is 0.562. The Kier molecular flexibility index (Phi) is 4.94. The van der Waals surface area contributed by atoms with Gasteiger partial charge in [-0.2, -0.15) is 4.31 Å². The van der Waals surface area contributed by atoms with Crippen molar-refractivity contribution < 1.29 is 13.2 Å². The van der Waals surface area contributed by atoms with Crippen LogP contribution in [0.5, 0.6) is 0 Å². The Bertz CT molecular complexity index is 678. The van der Waals surface area contributed by atoms with Crippen LogP contribution in [-0.4, -0.2) is 55.0 Å². The first-order chi connectivity index (χ1) is 11.0. The highest BCUT2D eigenvalue weighted by Crippen LogP contribution is 2.28. The molecule has 1 aromatic carbocycles. The third kappa shape index (κ3) is 3.39. The first-order valence-corrected chi connectivity index (χ1v) is 9.91. The van der Waals surface area contributed by atoms with E-state index in [9.17, 15) is 13.2 Å². The predicted octanol–water partition coefficient (Wildman–Crippen LogP) is 2.37. The second-order valence-corrected chi connectivity index (χ2v) is 8.74. The Hall–Kier alpha value is -1.11. The van der Waals surface area contributed by atoms with Crippen LogP contribution < -0.4 is 0 Å². The Morgan fingerprint density at radius 1 is 1.04 bits per heavy atom. The maximum Gasteiger partial charge on any atom is 0.255 e. The summed E-state index contributed by atoms with van der Waals surface area (Å²) in [5.41, 5.74) is 0.473. The molecule has 1 heterocycles. The van der Waals surface area contributed by atoms with Gasteiger partial charge in [-0.15, -0.1) is 0 Å². The van der Waals surface area contributed by atoms with Crippen molar-refractivity contribution in [2.75, 3.05) is 26.2 Å². The van der Waals surface area contributed by atoms with Gasteiger partial charge in [-0.3, -0.25) is 4.79 Å². The summed E-state index contributed by atoms with van der Waals surface area (Å²) >= 11 is 6.07. The van der Waals surface area contributed by atoms with E-state index in [2.05, 4.69) is 0 Å². The molecule has 0 aromatic heterocycles. The van der Waals surface area contributed by atoms with Crippen molar-refractivity contribution in [3.63, 3.8) is 0 Å². The number of sulfonamides is 1. The van der Waals surface area contributed by atoms with Gasteiger partial charge in [0.1, 0.15) is 0 Å². The molecule has 1 aromatic rings. The minimum absolute atomic E-state index is 0.131. The highest BCUT2D eigenvalue weighted by atomic mass is 35.5. The van der Waals surface area contributed by atoms with Crippen LogP contribution >= 0.6 is 11.6 Å². The quantitative estimate of drug-likeness (QED) is 0.835. The van der Waals surface area contributed by atoms with Gasteiger partial charge in [0.05, 0.1) is 15.8 Å². The summed E-state index contributed by atoms with van der Waals surface area (Å²) in [6.07, 6.45) is 3.52. The monoisotopic (exact) mass is 356 g/mol. The van der Waals surface area contributed by atoms with E-state index in [-0.39, 0.29) is 11.2 Å². The molecule has 2 aliphatic rings. The van der Waals surface area contributed by atoms with Gasteiger partial charge in [0.2, 0.25) is 10.0 Å². The minimum Gasteiger partial charge on any atom is -0.336 e. The van der Waals surface area contributed by atoms with Gasteiger partial charge in [0, 0.05) is 26.2 Å². The number of carbonyl (C=O) groups is 1. The summed E-state index contributed by atoms with van der Waals surface area (Å²) in [6, 6.07) is 6.95. The third-order valence-corrected chi connectivity index (χ3v) is 7.44. The van der Waals surface area contributed by atoms with Gasteiger partial charge in [-0.1, -0.05) is 36.6 Å². The molecule has 1 aliphatic carbocycles. The summed E-state index contributed by atoms with van der Waals surface area (Å²) in [4.78, 5) is 14.2. The van der Waals surface area contributed by atoms with Crippen molar-refractivity contribution >= 4 is 27.5 Å². The minimum atomic E-state index is -3.21. The van der Waals surface area contributed by atoms with Gasteiger partial charge < -0.3 is 4.90 Å². The summed E-state index contributed by atoms with van der Waals surface area (Å²) < 4.78 is 26.7. The molecule has 126 valence electrons. The number of hydrogen-bond acceptors (Lipinski definition) is 3. The lowest BCUT2D eigenvalue weighted by atomic mass is 10.2. The van der Waals surface area contributed by atoms with Gasteiger partial charge >= 0.3 is 0 Å². The molecule has 0 unspecified atom stereocenters. The van der Waals surface area contributed by atoms with E-state index < -0.39 is 10.0 Å². The maximum atomic E-state index is 12.6. The largest absolute Gasteiger partial charge is 0.336 e. The third-order valence-electron chi connectivity index (χ3n) is 4.71. The smallest absolute Gasteiger partial charge is 0.255 e. The molecule has 0 atom stereocenters. The van der Waals surface area contributed by atoms with E-state index in [4.69, 9.17) is 11.6 Å². The Morgan fingerprint density at radius 2 is 1.65 bits per heavy atom. The lowest BCUT2D eigenvalue weighted by molar-refractivity contribution is 0.0697. The fourth-order valence-corrected chi connectivity index (χ4v) is 5.59. The molecule has 1 amide bonds. The van der Waals surface area contributed by atoms with Crippen LogP contribution in [0.4, 0.5) is 0 Å². The molecule has 3 rings (SSSR count). The lowest BCUT2D eigenvalue weighted by Crippen LogP contribution is -2.52. The van der Waals surface area contributed by atoms with E-state index in [1.54, 1.807) is 33.5 Å². The molecule has 0 N–H and O–H groups in total. The number of nitrogens with zero attached hydrogens (tertiary/aromatic N) is 2. The highest BCUT2D eigenvalue weighted by Gasteiger charge is 2.36. The Balaban J connectivity index is 1.64. The van der Waals surface area contributed by atoms with Crippen molar-refractivity contribution in [1.29, 1.82) is 0 Å². The first-order valence-electron chi connectivity index (χ1n) is 8.03. The van der Waals surface area contributed by atoms with Crippen molar-refractivity contribution in [3.8, 4) is 0 Å². The molecule has 1 saturated heterocycles. The predicted molar refractivity (Wildman–Crippen MR) is 90.1 cm³/mol. The summed E-state index contributed by atoms with van der Waals surface area (Å²) in [5, 5.41) is 0.201. The van der Waals surface area contributed by atoms with Crippen molar-refractivity contribution in [2.24, 2.45) is 0 Å². The Morgan fingerprint density at radius 3 is 2.26 bits per heavy atom. The first kappa shape index (κ1) is 16.7. The molecule has 5 nitrogen and oxygen atoms in total. The van der Waals surface area contributed by atoms with E-state index >= 15 is 0 Å². The number of benzene rings is 1. The summed E-state index contributed by atoms with van der Waals surface area (Å²) in [5.74, 6) is -0.131. The number of rotatable bonds is 3. The fourth-order valence-electron chi connectivity index (χ4n) is 3.35. The van der Waals surface area contributed by atoms with Gasteiger partial charge in [0.15, 0.2) is 0 Å². The average molecular weight is 357 g/mol. The van der Waals surface area contributed by atoms with Crippen molar-refractivity contribution in [1.82, 2.24) is 9.21 Å². The Labute approximate surface area is 142 Å². The van der Waals surface area contributed by atoms with E-state index in [0.717, 1.165) is 25.7 Å².